The Morgan fingerprint density at radius 3 is 2.59 bits per heavy atom. The second-order valence-electron chi connectivity index (χ2n) is 8.13. The summed E-state index contributed by atoms with van der Waals surface area (Å²) in [6, 6.07) is 14.1. The minimum Gasteiger partial charge on any atom is -0.496 e. The number of amides is 2. The number of carbonyl (C=O) groups is 2. The summed E-state index contributed by atoms with van der Waals surface area (Å²) in [5.41, 5.74) is 2.73. The monoisotopic (exact) mass is 484 g/mol. The van der Waals surface area contributed by atoms with Crippen LogP contribution in [0.3, 0.4) is 0 Å². The molecule has 2 aliphatic heterocycles. The molecule has 2 aromatic carbocycles. The van der Waals surface area contributed by atoms with E-state index in [1.807, 2.05) is 42.5 Å². The number of esters is 1. The van der Waals surface area contributed by atoms with Crippen molar-refractivity contribution in [1.82, 2.24) is 15.5 Å². The van der Waals surface area contributed by atoms with Crippen molar-refractivity contribution in [3.8, 4) is 5.75 Å². The Morgan fingerprint density at radius 1 is 1.12 bits per heavy atom. The molecule has 1 saturated heterocycles. The summed E-state index contributed by atoms with van der Waals surface area (Å²) in [7, 11) is 1.57. The predicted octanol–water partition coefficient (Wildman–Crippen LogP) is 3.34. The molecular weight excluding hydrogens is 456 g/mol. The smallest absolute Gasteiger partial charge is 0.338 e. The first-order valence-electron chi connectivity index (χ1n) is 11.3. The summed E-state index contributed by atoms with van der Waals surface area (Å²) in [5, 5.41) is 6.44. The van der Waals surface area contributed by atoms with Gasteiger partial charge in [0.25, 0.3) is 0 Å². The number of urea groups is 1. The van der Waals surface area contributed by atoms with Gasteiger partial charge in [-0.2, -0.15) is 0 Å². The van der Waals surface area contributed by atoms with Crippen molar-refractivity contribution in [3.63, 3.8) is 0 Å². The van der Waals surface area contributed by atoms with Crippen molar-refractivity contribution in [1.29, 1.82) is 0 Å². The molecule has 2 aromatic rings. The van der Waals surface area contributed by atoms with Gasteiger partial charge in [0.2, 0.25) is 0 Å². The molecule has 2 aliphatic rings. The Kier molecular flexibility index (Phi) is 7.59. The van der Waals surface area contributed by atoms with Crippen LogP contribution in [-0.2, 0) is 9.53 Å². The molecular formula is C25H29ClN4O4. The van der Waals surface area contributed by atoms with Crippen molar-refractivity contribution in [2.75, 3.05) is 51.3 Å². The molecule has 9 heteroatoms. The summed E-state index contributed by atoms with van der Waals surface area (Å²) in [5.74, 6) is 0.129. The number of methoxy groups -OCH3 is 1. The van der Waals surface area contributed by atoms with Crippen LogP contribution >= 0.6 is 11.6 Å². The number of ether oxygens (including phenoxy) is 2. The number of para-hydroxylation sites is 1. The highest BCUT2D eigenvalue weighted by molar-refractivity contribution is 6.30. The average molecular weight is 485 g/mol. The maximum atomic E-state index is 13.1. The molecule has 0 aromatic heterocycles. The Labute approximate surface area is 204 Å². The fourth-order valence-electron chi connectivity index (χ4n) is 4.39. The molecule has 34 heavy (non-hydrogen) atoms. The molecule has 0 radical (unpaired) electrons. The van der Waals surface area contributed by atoms with Gasteiger partial charge in [-0.05, 0) is 31.2 Å². The standard InChI is InChI=1S/C25H29ClN4O4/c1-3-34-24(31)22-20(27-25(32)28-23(22)19-9-4-5-10-21(19)33-2)16-29-11-13-30(14-12-29)18-8-6-7-17(26)15-18/h4-10,15,23H,3,11-14,16H2,1-2H3,(H2,27,28,32)/t23-/m0/s1. The van der Waals surface area contributed by atoms with Crippen molar-refractivity contribution < 1.29 is 19.1 Å². The SMILES string of the molecule is CCOC(=O)C1=C(CN2CCN(c3cccc(Cl)c3)CC2)NC(=O)N[C@H]1c1ccccc1OC. The molecule has 1 fully saturated rings. The fraction of sp³-hybridized carbons (Fsp3) is 0.360. The van der Waals surface area contributed by atoms with Gasteiger partial charge in [0.05, 0.1) is 25.3 Å². The first kappa shape index (κ1) is 23.9. The van der Waals surface area contributed by atoms with Gasteiger partial charge in [0, 0.05) is 54.7 Å². The Hall–Kier alpha value is -3.23. The second kappa shape index (κ2) is 10.8. The van der Waals surface area contributed by atoms with Crippen LogP contribution in [0.15, 0.2) is 59.8 Å². The van der Waals surface area contributed by atoms with Gasteiger partial charge in [-0.3, -0.25) is 4.90 Å². The predicted molar refractivity (Wildman–Crippen MR) is 131 cm³/mol. The lowest BCUT2D eigenvalue weighted by Gasteiger charge is -2.38. The lowest BCUT2D eigenvalue weighted by atomic mass is 9.94. The molecule has 8 nitrogen and oxygen atoms in total. The van der Waals surface area contributed by atoms with E-state index in [0.717, 1.165) is 31.9 Å². The number of rotatable bonds is 7. The highest BCUT2D eigenvalue weighted by Crippen LogP contribution is 2.34. The fourth-order valence-corrected chi connectivity index (χ4v) is 4.58. The quantitative estimate of drug-likeness (QED) is 0.586. The molecule has 2 amide bonds. The topological polar surface area (TPSA) is 83.1 Å². The molecule has 0 spiro atoms. The number of halogens is 1. The molecule has 0 unspecified atom stereocenters. The molecule has 4 rings (SSSR count). The van der Waals surface area contributed by atoms with Crippen LogP contribution in [0.1, 0.15) is 18.5 Å². The third-order valence-corrected chi connectivity index (χ3v) is 6.26. The molecule has 2 N–H and O–H groups in total. The van der Waals surface area contributed by atoms with Crippen molar-refractivity contribution in [3.05, 3.63) is 70.4 Å². The van der Waals surface area contributed by atoms with Gasteiger partial charge in [-0.15, -0.1) is 0 Å². The maximum Gasteiger partial charge on any atom is 0.338 e. The molecule has 1 atom stereocenters. The summed E-state index contributed by atoms with van der Waals surface area (Å²) in [6.45, 7) is 5.59. The minimum absolute atomic E-state index is 0.237. The summed E-state index contributed by atoms with van der Waals surface area (Å²) in [6.07, 6.45) is 0. The van der Waals surface area contributed by atoms with Crippen molar-refractivity contribution >= 4 is 29.3 Å². The van der Waals surface area contributed by atoms with E-state index < -0.39 is 12.0 Å². The van der Waals surface area contributed by atoms with Gasteiger partial charge in [-0.1, -0.05) is 35.9 Å². The van der Waals surface area contributed by atoms with E-state index in [-0.39, 0.29) is 12.6 Å². The summed E-state index contributed by atoms with van der Waals surface area (Å²) >= 11 is 6.15. The zero-order chi connectivity index (χ0) is 24.1. The third-order valence-electron chi connectivity index (χ3n) is 6.03. The van der Waals surface area contributed by atoms with Gasteiger partial charge in [0.15, 0.2) is 0 Å². The van der Waals surface area contributed by atoms with Gasteiger partial charge in [-0.25, -0.2) is 9.59 Å². The van der Waals surface area contributed by atoms with Crippen molar-refractivity contribution in [2.24, 2.45) is 0 Å². The Balaban J connectivity index is 1.58. The van der Waals surface area contributed by atoms with E-state index in [1.54, 1.807) is 20.1 Å². The Bertz CT molecular complexity index is 1080. The molecule has 180 valence electrons. The van der Waals surface area contributed by atoms with Crippen LogP contribution < -0.4 is 20.3 Å². The highest BCUT2D eigenvalue weighted by atomic mass is 35.5. The van der Waals surface area contributed by atoms with E-state index >= 15 is 0 Å². The van der Waals surface area contributed by atoms with E-state index in [4.69, 9.17) is 21.1 Å². The van der Waals surface area contributed by atoms with Crippen LogP contribution in [0.2, 0.25) is 5.02 Å². The van der Waals surface area contributed by atoms with Gasteiger partial charge in [0.1, 0.15) is 5.75 Å². The number of benzene rings is 2. The van der Waals surface area contributed by atoms with Crippen LogP contribution in [-0.4, -0.2) is 63.3 Å². The van der Waals surface area contributed by atoms with Crippen LogP contribution in [0.5, 0.6) is 5.75 Å². The number of nitrogens with one attached hydrogen (secondary N) is 2. The minimum atomic E-state index is -0.674. The molecule has 0 bridgehead atoms. The van der Waals surface area contributed by atoms with Crippen molar-refractivity contribution in [2.45, 2.75) is 13.0 Å². The Morgan fingerprint density at radius 2 is 1.88 bits per heavy atom. The van der Waals surface area contributed by atoms with Gasteiger partial charge < -0.3 is 25.0 Å². The molecule has 0 aliphatic carbocycles. The lowest BCUT2D eigenvalue weighted by Crippen LogP contribution is -2.51. The lowest BCUT2D eigenvalue weighted by molar-refractivity contribution is -0.139. The van der Waals surface area contributed by atoms with Crippen LogP contribution in [0.25, 0.3) is 0 Å². The van der Waals surface area contributed by atoms with Gasteiger partial charge >= 0.3 is 12.0 Å². The summed E-state index contributed by atoms with van der Waals surface area (Å²) < 4.78 is 10.9. The normalized spacial score (nSPS) is 18.9. The van der Waals surface area contributed by atoms with E-state index in [2.05, 4.69) is 20.4 Å². The number of nitrogens with zero attached hydrogens (tertiary/aromatic N) is 2. The number of carbonyl (C=O) groups excluding carboxylic acids is 2. The number of hydrogen-bond acceptors (Lipinski definition) is 6. The third kappa shape index (κ3) is 5.29. The first-order valence-corrected chi connectivity index (χ1v) is 11.7. The first-order chi connectivity index (χ1) is 16.5. The van der Waals surface area contributed by atoms with E-state index in [9.17, 15) is 9.59 Å². The van der Waals surface area contributed by atoms with Crippen LogP contribution in [0, 0.1) is 0 Å². The average Bonchev–Trinajstić information content (AvgIpc) is 2.84. The number of piperazine rings is 1. The van der Waals surface area contributed by atoms with E-state index in [0.29, 0.717) is 34.2 Å². The second-order valence-corrected chi connectivity index (χ2v) is 8.57. The van der Waals surface area contributed by atoms with E-state index in [1.165, 1.54) is 0 Å². The number of hydrogen-bond donors (Lipinski definition) is 2. The molecule has 2 heterocycles. The molecule has 0 saturated carbocycles. The largest absolute Gasteiger partial charge is 0.496 e. The zero-order valence-corrected chi connectivity index (χ0v) is 20.1. The zero-order valence-electron chi connectivity index (χ0n) is 19.3. The summed E-state index contributed by atoms with van der Waals surface area (Å²) in [4.78, 5) is 30.2. The number of anilines is 1. The highest BCUT2D eigenvalue weighted by Gasteiger charge is 2.36. The van der Waals surface area contributed by atoms with Crippen LogP contribution in [0.4, 0.5) is 10.5 Å². The maximum absolute atomic E-state index is 13.1.